The number of nitrogens with zero attached hydrogens (tertiary/aromatic N) is 3. The predicted molar refractivity (Wildman–Crippen MR) is 125 cm³/mol. The van der Waals surface area contributed by atoms with Gasteiger partial charge in [0.2, 0.25) is 0 Å². The Labute approximate surface area is 187 Å². The maximum atomic E-state index is 13.0. The van der Waals surface area contributed by atoms with Crippen molar-refractivity contribution < 1.29 is 9.53 Å². The molecule has 3 atom stereocenters. The van der Waals surface area contributed by atoms with Crippen LogP contribution in [0.5, 0.6) is 0 Å². The highest BCUT2D eigenvalue weighted by Gasteiger charge is 2.30. The molecule has 0 spiro atoms. The Kier molecular flexibility index (Phi) is 8.20. The number of rotatable bonds is 8. The molecule has 1 aromatic heterocycles. The van der Waals surface area contributed by atoms with Crippen molar-refractivity contribution in [3.63, 3.8) is 0 Å². The first-order chi connectivity index (χ1) is 15.2. The van der Waals surface area contributed by atoms with Gasteiger partial charge in [-0.3, -0.25) is 4.79 Å². The Morgan fingerprint density at radius 3 is 2.71 bits per heavy atom. The molecule has 0 aromatic carbocycles. The number of nitrogens with one attached hydrogen (secondary N) is 1. The van der Waals surface area contributed by atoms with E-state index in [0.29, 0.717) is 17.4 Å². The lowest BCUT2D eigenvalue weighted by Crippen LogP contribution is -2.48. The molecule has 0 bridgehead atoms. The van der Waals surface area contributed by atoms with Crippen molar-refractivity contribution in [2.24, 2.45) is 11.8 Å². The molecule has 1 aromatic rings. The van der Waals surface area contributed by atoms with Crippen molar-refractivity contribution in [1.82, 2.24) is 15.2 Å². The Morgan fingerprint density at radius 2 is 1.94 bits per heavy atom. The fraction of sp³-hybridized carbons (Fsp3) is 0.760. The monoisotopic (exact) mass is 428 g/mol. The van der Waals surface area contributed by atoms with Gasteiger partial charge in [0.05, 0.1) is 12.2 Å². The molecule has 3 fully saturated rings. The molecule has 172 valence electrons. The van der Waals surface area contributed by atoms with Crippen molar-refractivity contribution in [2.45, 2.75) is 64.3 Å². The SMILES string of the molecule is CCOC[C@@H]1CCCN(CC2CCCCC2NC(=O)c2ccc(N3CCCC3)nc2)C1. The van der Waals surface area contributed by atoms with Crippen LogP contribution in [0.15, 0.2) is 18.3 Å². The first-order valence-corrected chi connectivity index (χ1v) is 12.5. The molecule has 1 aliphatic carbocycles. The topological polar surface area (TPSA) is 57.7 Å². The summed E-state index contributed by atoms with van der Waals surface area (Å²) in [6.45, 7) is 9.33. The van der Waals surface area contributed by atoms with Crippen LogP contribution in [0, 0.1) is 11.8 Å². The lowest BCUT2D eigenvalue weighted by atomic mass is 9.83. The van der Waals surface area contributed by atoms with E-state index in [0.717, 1.165) is 51.6 Å². The third-order valence-corrected chi connectivity index (χ3v) is 7.32. The molecule has 1 amide bonds. The van der Waals surface area contributed by atoms with E-state index in [-0.39, 0.29) is 11.9 Å². The second-order valence-electron chi connectivity index (χ2n) is 9.65. The largest absolute Gasteiger partial charge is 0.381 e. The number of hydrogen-bond acceptors (Lipinski definition) is 5. The first-order valence-electron chi connectivity index (χ1n) is 12.5. The lowest BCUT2D eigenvalue weighted by molar-refractivity contribution is 0.0548. The van der Waals surface area contributed by atoms with Crippen molar-refractivity contribution in [1.29, 1.82) is 0 Å². The summed E-state index contributed by atoms with van der Waals surface area (Å²) >= 11 is 0. The van der Waals surface area contributed by atoms with Gasteiger partial charge < -0.3 is 19.9 Å². The van der Waals surface area contributed by atoms with Gasteiger partial charge in [0.15, 0.2) is 0 Å². The van der Waals surface area contributed by atoms with Gasteiger partial charge in [-0.2, -0.15) is 0 Å². The van der Waals surface area contributed by atoms with Gasteiger partial charge in [0.25, 0.3) is 5.91 Å². The molecule has 6 nitrogen and oxygen atoms in total. The molecule has 31 heavy (non-hydrogen) atoms. The summed E-state index contributed by atoms with van der Waals surface area (Å²) in [4.78, 5) is 22.4. The summed E-state index contributed by atoms with van der Waals surface area (Å²) in [5.74, 6) is 2.23. The molecular weight excluding hydrogens is 388 g/mol. The molecule has 0 radical (unpaired) electrons. The van der Waals surface area contributed by atoms with Crippen LogP contribution in [0.1, 0.15) is 68.6 Å². The van der Waals surface area contributed by atoms with Crippen molar-refractivity contribution in [2.75, 3.05) is 50.8 Å². The molecule has 2 aliphatic heterocycles. The Balaban J connectivity index is 1.31. The Hall–Kier alpha value is -1.66. The molecule has 4 rings (SSSR count). The molecule has 3 heterocycles. The summed E-state index contributed by atoms with van der Waals surface area (Å²) in [5.41, 5.74) is 0.682. The molecule has 1 N–H and O–H groups in total. The lowest BCUT2D eigenvalue weighted by Gasteiger charge is -2.39. The quantitative estimate of drug-likeness (QED) is 0.684. The van der Waals surface area contributed by atoms with Gasteiger partial charge >= 0.3 is 0 Å². The minimum atomic E-state index is 0.0326. The molecule has 1 saturated carbocycles. The van der Waals surface area contributed by atoms with E-state index in [1.807, 2.05) is 12.1 Å². The first kappa shape index (κ1) is 22.5. The zero-order valence-electron chi connectivity index (χ0n) is 19.2. The van der Waals surface area contributed by atoms with E-state index in [1.54, 1.807) is 6.20 Å². The number of likely N-dealkylation sites (tertiary alicyclic amines) is 1. The van der Waals surface area contributed by atoms with Gasteiger partial charge in [0, 0.05) is 45.0 Å². The number of anilines is 1. The van der Waals surface area contributed by atoms with Gasteiger partial charge in [-0.05, 0) is 76.0 Å². The van der Waals surface area contributed by atoms with Crippen LogP contribution in [0.4, 0.5) is 5.82 Å². The van der Waals surface area contributed by atoms with E-state index in [4.69, 9.17) is 4.74 Å². The highest BCUT2D eigenvalue weighted by molar-refractivity contribution is 5.94. The smallest absolute Gasteiger partial charge is 0.253 e. The fourth-order valence-electron chi connectivity index (χ4n) is 5.59. The highest BCUT2D eigenvalue weighted by atomic mass is 16.5. The summed E-state index contributed by atoms with van der Waals surface area (Å²) in [7, 11) is 0. The Morgan fingerprint density at radius 1 is 1.10 bits per heavy atom. The molecular formula is C25H40N4O2. The van der Waals surface area contributed by atoms with Crippen LogP contribution < -0.4 is 10.2 Å². The summed E-state index contributed by atoms with van der Waals surface area (Å²) in [6, 6.07) is 4.22. The van der Waals surface area contributed by atoms with Gasteiger partial charge in [-0.15, -0.1) is 0 Å². The van der Waals surface area contributed by atoms with Crippen molar-refractivity contribution >= 4 is 11.7 Å². The van der Waals surface area contributed by atoms with Crippen LogP contribution in [0.2, 0.25) is 0 Å². The van der Waals surface area contributed by atoms with Gasteiger partial charge in [-0.25, -0.2) is 4.98 Å². The summed E-state index contributed by atoms with van der Waals surface area (Å²) < 4.78 is 5.68. The minimum absolute atomic E-state index is 0.0326. The van der Waals surface area contributed by atoms with E-state index < -0.39 is 0 Å². The van der Waals surface area contributed by atoms with Crippen LogP contribution in [-0.2, 0) is 4.74 Å². The summed E-state index contributed by atoms with van der Waals surface area (Å²) in [5, 5.41) is 3.37. The van der Waals surface area contributed by atoms with Crippen LogP contribution in [0.25, 0.3) is 0 Å². The number of carbonyl (C=O) groups is 1. The van der Waals surface area contributed by atoms with Gasteiger partial charge in [-0.1, -0.05) is 12.8 Å². The number of aromatic nitrogens is 1. The van der Waals surface area contributed by atoms with E-state index in [2.05, 4.69) is 27.0 Å². The zero-order valence-corrected chi connectivity index (χ0v) is 19.2. The number of carbonyl (C=O) groups excluding carboxylic acids is 1. The number of ether oxygens (including phenoxy) is 1. The number of pyridine rings is 1. The van der Waals surface area contributed by atoms with E-state index in [1.165, 1.54) is 51.5 Å². The number of piperidine rings is 1. The van der Waals surface area contributed by atoms with Crippen LogP contribution in [0.3, 0.4) is 0 Å². The van der Waals surface area contributed by atoms with Crippen LogP contribution in [-0.4, -0.2) is 67.8 Å². The average molecular weight is 429 g/mol. The maximum absolute atomic E-state index is 13.0. The average Bonchev–Trinajstić information content (AvgIpc) is 3.34. The second kappa shape index (κ2) is 11.3. The van der Waals surface area contributed by atoms with Crippen molar-refractivity contribution in [3.05, 3.63) is 23.9 Å². The maximum Gasteiger partial charge on any atom is 0.253 e. The van der Waals surface area contributed by atoms with Crippen LogP contribution >= 0.6 is 0 Å². The zero-order chi connectivity index (χ0) is 21.5. The van der Waals surface area contributed by atoms with E-state index in [9.17, 15) is 4.79 Å². The van der Waals surface area contributed by atoms with Gasteiger partial charge in [0.1, 0.15) is 5.82 Å². The normalized spacial score (nSPS) is 27.4. The molecule has 2 unspecified atom stereocenters. The standard InChI is InChI=1S/C25H40N4O2/c1-2-31-19-20-8-7-13-28(17-20)18-22-9-3-4-10-23(22)27-25(30)21-11-12-24(26-16-21)29-14-5-6-15-29/h11-12,16,20,22-23H,2-10,13-15,17-19H2,1H3,(H,27,30)/t20-,22?,23?/m1/s1. The third-order valence-electron chi connectivity index (χ3n) is 7.32. The van der Waals surface area contributed by atoms with Crippen molar-refractivity contribution in [3.8, 4) is 0 Å². The second-order valence-corrected chi connectivity index (χ2v) is 9.65. The molecule has 6 heteroatoms. The predicted octanol–water partition coefficient (Wildman–Crippen LogP) is 3.72. The number of hydrogen-bond donors (Lipinski definition) is 1. The third kappa shape index (κ3) is 6.19. The highest BCUT2D eigenvalue weighted by Crippen LogP contribution is 2.28. The number of amides is 1. The molecule has 3 aliphatic rings. The fourth-order valence-corrected chi connectivity index (χ4v) is 5.59. The Bertz CT molecular complexity index is 689. The van der Waals surface area contributed by atoms with E-state index >= 15 is 0 Å². The minimum Gasteiger partial charge on any atom is -0.381 e. The summed E-state index contributed by atoms with van der Waals surface area (Å²) in [6.07, 6.45) is 11.5. The molecule has 2 saturated heterocycles.